The summed E-state index contributed by atoms with van der Waals surface area (Å²) >= 11 is 0. The van der Waals surface area contributed by atoms with Gasteiger partial charge in [0.2, 0.25) is 0 Å². The summed E-state index contributed by atoms with van der Waals surface area (Å²) in [4.78, 5) is 28.4. The van der Waals surface area contributed by atoms with Gasteiger partial charge in [0.15, 0.2) is 0 Å². The highest BCUT2D eigenvalue weighted by Gasteiger charge is 2.18. The number of rotatable bonds is 2. The molecule has 0 saturated heterocycles. The molecule has 0 unspecified atom stereocenters. The Morgan fingerprint density at radius 2 is 1.67 bits per heavy atom. The van der Waals surface area contributed by atoms with Crippen LogP contribution in [0.2, 0.25) is 0 Å². The predicted octanol–water partition coefficient (Wildman–Crippen LogP) is 3.44. The molecule has 118 valence electrons. The van der Waals surface area contributed by atoms with E-state index >= 15 is 0 Å². The number of hydrogen-bond acceptors (Lipinski definition) is 3. The molecule has 0 heterocycles. The zero-order valence-corrected chi connectivity index (χ0v) is 13.1. The van der Waals surface area contributed by atoms with Crippen molar-refractivity contribution >= 4 is 23.7 Å². The van der Waals surface area contributed by atoms with Gasteiger partial charge < -0.3 is 4.74 Å². The van der Waals surface area contributed by atoms with E-state index in [1.807, 2.05) is 36.4 Å². The van der Waals surface area contributed by atoms with Crippen molar-refractivity contribution in [3.05, 3.63) is 89.0 Å². The lowest BCUT2D eigenvalue weighted by molar-refractivity contribution is -0.134. The van der Waals surface area contributed by atoms with Gasteiger partial charge in [-0.3, -0.25) is 4.79 Å². The summed E-state index contributed by atoms with van der Waals surface area (Å²) in [6.07, 6.45) is 4.98. The van der Waals surface area contributed by atoms with E-state index in [9.17, 15) is 9.59 Å². The van der Waals surface area contributed by atoms with Crippen LogP contribution in [0, 0.1) is 0 Å². The number of carbonyl (C=O) groups is 2. The third-order valence-electron chi connectivity index (χ3n) is 3.64. The molecule has 0 bridgehead atoms. The molecule has 0 aromatic heterocycles. The maximum Gasteiger partial charge on any atom is 0.331 e. The molecule has 0 fully saturated rings. The second-order valence-electron chi connectivity index (χ2n) is 5.18. The molecular weight excluding hydrogens is 302 g/mol. The van der Waals surface area contributed by atoms with Gasteiger partial charge in [-0.1, -0.05) is 54.6 Å². The molecule has 3 rings (SSSR count). The minimum absolute atomic E-state index is 0.355. The van der Waals surface area contributed by atoms with E-state index in [1.54, 1.807) is 30.3 Å². The second-order valence-corrected chi connectivity index (χ2v) is 5.18. The van der Waals surface area contributed by atoms with Crippen LogP contribution in [0.3, 0.4) is 0 Å². The molecule has 2 aromatic carbocycles. The number of amides is 1. The van der Waals surface area contributed by atoms with Crippen LogP contribution in [-0.4, -0.2) is 24.7 Å². The molecule has 24 heavy (non-hydrogen) atoms. The summed E-state index contributed by atoms with van der Waals surface area (Å²) in [7, 11) is 1.31. The van der Waals surface area contributed by atoms with E-state index in [0.29, 0.717) is 16.8 Å². The lowest BCUT2D eigenvalue weighted by Gasteiger charge is -2.15. The van der Waals surface area contributed by atoms with Crippen LogP contribution in [0.5, 0.6) is 0 Å². The van der Waals surface area contributed by atoms with E-state index in [-0.39, 0.29) is 5.91 Å². The van der Waals surface area contributed by atoms with Crippen LogP contribution in [0.15, 0.2) is 77.3 Å². The fraction of sp³-hybridized carbons (Fsp3) is 0.0500. The first-order chi connectivity index (χ1) is 11.7. The molecule has 0 saturated carbocycles. The summed E-state index contributed by atoms with van der Waals surface area (Å²) in [6.45, 7) is 0. The van der Waals surface area contributed by atoms with Crippen LogP contribution in [-0.2, 0) is 9.53 Å². The number of nitrogens with zero attached hydrogens (tertiary/aromatic N) is 1. The molecule has 0 N–H and O–H groups in total. The number of fused-ring (bicyclic) bond motifs is 1. The number of methoxy groups -OCH3 is 1. The van der Waals surface area contributed by atoms with Gasteiger partial charge in [0.05, 0.1) is 12.8 Å². The molecule has 0 radical (unpaired) electrons. The topological polar surface area (TPSA) is 55.7 Å². The zero-order chi connectivity index (χ0) is 16.9. The van der Waals surface area contributed by atoms with Crippen molar-refractivity contribution in [1.82, 2.24) is 0 Å². The Morgan fingerprint density at radius 3 is 2.42 bits per heavy atom. The lowest BCUT2D eigenvalue weighted by atomic mass is 9.91. The van der Waals surface area contributed by atoms with Crippen LogP contribution in [0.1, 0.15) is 21.5 Å². The molecule has 1 amide bonds. The third-order valence-corrected chi connectivity index (χ3v) is 3.64. The van der Waals surface area contributed by atoms with E-state index < -0.39 is 5.97 Å². The molecule has 4 nitrogen and oxygen atoms in total. The molecular formula is C20H15NO3. The predicted molar refractivity (Wildman–Crippen MR) is 92.9 cm³/mol. The second kappa shape index (κ2) is 6.87. The third kappa shape index (κ3) is 3.22. The van der Waals surface area contributed by atoms with Crippen LogP contribution < -0.4 is 0 Å². The van der Waals surface area contributed by atoms with Gasteiger partial charge in [0, 0.05) is 22.8 Å². The van der Waals surface area contributed by atoms with Crippen molar-refractivity contribution in [2.75, 3.05) is 7.11 Å². The van der Waals surface area contributed by atoms with Crippen LogP contribution in [0.4, 0.5) is 0 Å². The molecule has 0 atom stereocenters. The SMILES string of the molecule is COC(=O)/C=C1\C=Cc2ccccc2C1=NC(=O)c1ccccc1. The fourth-order valence-corrected chi connectivity index (χ4v) is 2.45. The largest absolute Gasteiger partial charge is 0.466 e. The van der Waals surface area contributed by atoms with Gasteiger partial charge in [-0.25, -0.2) is 9.79 Å². The highest BCUT2D eigenvalue weighted by molar-refractivity contribution is 6.24. The molecule has 1 aliphatic rings. The first-order valence-electron chi connectivity index (χ1n) is 7.44. The normalized spacial score (nSPS) is 16.0. The summed E-state index contributed by atoms with van der Waals surface area (Å²) < 4.78 is 4.69. The number of benzene rings is 2. The van der Waals surface area contributed by atoms with Gasteiger partial charge in [0.25, 0.3) is 5.91 Å². The highest BCUT2D eigenvalue weighted by Crippen LogP contribution is 2.24. The monoisotopic (exact) mass is 317 g/mol. The van der Waals surface area contributed by atoms with Gasteiger partial charge in [-0.2, -0.15) is 0 Å². The number of hydrogen-bond donors (Lipinski definition) is 0. The average molecular weight is 317 g/mol. The summed E-state index contributed by atoms with van der Waals surface area (Å²) in [5.41, 5.74) is 3.25. The van der Waals surface area contributed by atoms with Crippen LogP contribution >= 0.6 is 0 Å². The smallest absolute Gasteiger partial charge is 0.331 e. The lowest BCUT2D eigenvalue weighted by Crippen LogP contribution is -2.14. The average Bonchev–Trinajstić information content (AvgIpc) is 2.64. The van der Waals surface area contributed by atoms with Crippen molar-refractivity contribution in [3.8, 4) is 0 Å². The minimum atomic E-state index is -0.492. The highest BCUT2D eigenvalue weighted by atomic mass is 16.5. The first kappa shape index (κ1) is 15.6. The standard InChI is InChI=1S/C20H15NO3/c1-24-18(22)13-16-12-11-14-7-5-6-10-17(14)19(16)21-20(23)15-8-3-2-4-9-15/h2-13H,1H3/b16-13+,21-19?. The maximum atomic E-state index is 12.5. The van der Waals surface area contributed by atoms with Crippen molar-refractivity contribution in [1.29, 1.82) is 0 Å². The Morgan fingerprint density at radius 1 is 0.958 bits per heavy atom. The molecule has 2 aromatic rings. The summed E-state index contributed by atoms with van der Waals surface area (Å²) in [5.74, 6) is -0.847. The van der Waals surface area contributed by atoms with Crippen molar-refractivity contribution < 1.29 is 14.3 Å². The van der Waals surface area contributed by atoms with Gasteiger partial charge in [-0.15, -0.1) is 0 Å². The van der Waals surface area contributed by atoms with Gasteiger partial charge in [0.1, 0.15) is 0 Å². The Kier molecular flexibility index (Phi) is 4.47. The molecule has 0 spiro atoms. The van der Waals surface area contributed by atoms with Gasteiger partial charge in [-0.05, 0) is 17.7 Å². The Labute approximate surface area is 139 Å². The molecule has 1 aliphatic carbocycles. The number of esters is 1. The number of aliphatic imine (C=N–C) groups is 1. The number of carbonyl (C=O) groups excluding carboxylic acids is 2. The fourth-order valence-electron chi connectivity index (χ4n) is 2.45. The summed E-state index contributed by atoms with van der Waals surface area (Å²) in [6, 6.07) is 16.4. The number of ether oxygens (including phenoxy) is 1. The minimum Gasteiger partial charge on any atom is -0.466 e. The Bertz CT molecular complexity index is 877. The van der Waals surface area contributed by atoms with Crippen molar-refractivity contribution in [3.63, 3.8) is 0 Å². The van der Waals surface area contributed by atoms with Crippen LogP contribution in [0.25, 0.3) is 6.08 Å². The van der Waals surface area contributed by atoms with E-state index in [1.165, 1.54) is 13.2 Å². The van der Waals surface area contributed by atoms with Gasteiger partial charge >= 0.3 is 5.97 Å². The Balaban J connectivity index is 2.10. The van der Waals surface area contributed by atoms with E-state index in [4.69, 9.17) is 0 Å². The Hall–Kier alpha value is -3.27. The van der Waals surface area contributed by atoms with E-state index in [2.05, 4.69) is 9.73 Å². The summed E-state index contributed by atoms with van der Waals surface area (Å²) in [5, 5.41) is 0. The van der Waals surface area contributed by atoms with Crippen molar-refractivity contribution in [2.45, 2.75) is 0 Å². The maximum absolute atomic E-state index is 12.5. The quantitative estimate of drug-likeness (QED) is 0.630. The van der Waals surface area contributed by atoms with E-state index in [0.717, 1.165) is 11.1 Å². The molecule has 0 aliphatic heterocycles. The van der Waals surface area contributed by atoms with Crippen molar-refractivity contribution in [2.24, 2.45) is 4.99 Å². The zero-order valence-electron chi connectivity index (χ0n) is 13.1. The first-order valence-corrected chi connectivity index (χ1v) is 7.44. The molecule has 4 heteroatoms. The number of allylic oxidation sites excluding steroid dienone is 2.